The van der Waals surface area contributed by atoms with Crippen LogP contribution in [0.15, 0.2) is 37.1 Å². The number of ether oxygens (including phenoxy) is 3. The summed E-state index contributed by atoms with van der Waals surface area (Å²) in [6.45, 7) is 4.64. The molecule has 1 saturated heterocycles. The summed E-state index contributed by atoms with van der Waals surface area (Å²) in [5, 5.41) is 0. The predicted octanol–water partition coefficient (Wildman–Crippen LogP) is 1.76. The first-order valence-corrected chi connectivity index (χ1v) is 4.96. The lowest BCUT2D eigenvalue weighted by Crippen LogP contribution is -2.04. The van der Waals surface area contributed by atoms with Crippen LogP contribution in [0.3, 0.4) is 0 Å². The Morgan fingerprint density at radius 3 is 2.75 bits per heavy atom. The first-order chi connectivity index (χ1) is 7.79. The second-order valence-corrected chi connectivity index (χ2v) is 3.36. The molecule has 1 heterocycles. The van der Waals surface area contributed by atoms with E-state index >= 15 is 0 Å². The molecule has 4 nitrogen and oxygen atoms in total. The lowest BCUT2D eigenvalue weighted by Gasteiger charge is -2.04. The molecular formula is C12H12O4. The Hall–Kier alpha value is -1.81. The van der Waals surface area contributed by atoms with Crippen LogP contribution in [0.2, 0.25) is 0 Å². The van der Waals surface area contributed by atoms with Crippen LogP contribution < -0.4 is 4.74 Å². The van der Waals surface area contributed by atoms with E-state index in [2.05, 4.69) is 11.3 Å². The van der Waals surface area contributed by atoms with Crippen molar-refractivity contribution in [2.75, 3.05) is 13.2 Å². The molecule has 1 aliphatic rings. The van der Waals surface area contributed by atoms with Gasteiger partial charge in [0.25, 0.3) is 0 Å². The minimum atomic E-state index is -0.424. The second-order valence-electron chi connectivity index (χ2n) is 3.36. The van der Waals surface area contributed by atoms with E-state index in [-0.39, 0.29) is 6.10 Å². The number of carbonyl (C=O) groups excluding carboxylic acids is 1. The van der Waals surface area contributed by atoms with Gasteiger partial charge in [-0.15, -0.1) is 0 Å². The third-order valence-corrected chi connectivity index (χ3v) is 2.12. The van der Waals surface area contributed by atoms with E-state index in [0.29, 0.717) is 17.9 Å². The van der Waals surface area contributed by atoms with Gasteiger partial charge >= 0.3 is 5.97 Å². The van der Waals surface area contributed by atoms with Crippen LogP contribution >= 0.6 is 0 Å². The molecule has 1 atom stereocenters. The molecule has 0 aliphatic carbocycles. The van der Waals surface area contributed by atoms with Gasteiger partial charge in [0.05, 0.1) is 18.4 Å². The molecule has 0 N–H and O–H groups in total. The van der Waals surface area contributed by atoms with Crippen LogP contribution in [0.1, 0.15) is 10.4 Å². The van der Waals surface area contributed by atoms with Crippen molar-refractivity contribution in [1.29, 1.82) is 0 Å². The van der Waals surface area contributed by atoms with Gasteiger partial charge in [-0.05, 0) is 24.3 Å². The monoisotopic (exact) mass is 220 g/mol. The van der Waals surface area contributed by atoms with E-state index in [4.69, 9.17) is 9.47 Å². The van der Waals surface area contributed by atoms with Crippen LogP contribution in [0.25, 0.3) is 0 Å². The van der Waals surface area contributed by atoms with Crippen molar-refractivity contribution in [3.05, 3.63) is 42.7 Å². The van der Waals surface area contributed by atoms with E-state index in [9.17, 15) is 4.79 Å². The van der Waals surface area contributed by atoms with Crippen molar-refractivity contribution in [1.82, 2.24) is 0 Å². The highest BCUT2D eigenvalue weighted by atomic mass is 16.6. The normalized spacial score (nSPS) is 17.6. The number of rotatable bonds is 5. The molecule has 1 fully saturated rings. The summed E-state index contributed by atoms with van der Waals surface area (Å²) in [7, 11) is 0. The van der Waals surface area contributed by atoms with E-state index in [1.807, 2.05) is 0 Å². The maximum atomic E-state index is 11.3. The maximum absolute atomic E-state index is 11.3. The fourth-order valence-corrected chi connectivity index (χ4v) is 1.18. The standard InChI is InChI=1S/C12H12O4/c1-2-14-12(13)9-3-5-10(6-4-9)15-7-11-8-16-11/h2-6,11H,1,7-8H2. The molecule has 0 amide bonds. The molecule has 84 valence electrons. The van der Waals surface area contributed by atoms with Gasteiger partial charge in [-0.1, -0.05) is 6.58 Å². The zero-order valence-corrected chi connectivity index (χ0v) is 8.72. The first kappa shape index (κ1) is 10.7. The smallest absolute Gasteiger partial charge is 0.342 e. The largest absolute Gasteiger partial charge is 0.491 e. The van der Waals surface area contributed by atoms with Crippen molar-refractivity contribution < 1.29 is 19.0 Å². The summed E-state index contributed by atoms with van der Waals surface area (Å²) in [6.07, 6.45) is 1.34. The number of hydrogen-bond donors (Lipinski definition) is 0. The Bertz CT molecular complexity index is 379. The predicted molar refractivity (Wildman–Crippen MR) is 57.3 cm³/mol. The molecule has 1 aliphatic heterocycles. The highest BCUT2D eigenvalue weighted by Gasteiger charge is 2.22. The zero-order chi connectivity index (χ0) is 11.4. The Morgan fingerprint density at radius 1 is 1.50 bits per heavy atom. The van der Waals surface area contributed by atoms with Gasteiger partial charge in [0.2, 0.25) is 0 Å². The molecule has 16 heavy (non-hydrogen) atoms. The van der Waals surface area contributed by atoms with Gasteiger partial charge in [0.1, 0.15) is 18.5 Å². The van der Waals surface area contributed by atoms with Gasteiger partial charge in [0, 0.05) is 0 Å². The number of esters is 1. The van der Waals surface area contributed by atoms with Crippen LogP contribution in [0.4, 0.5) is 0 Å². The number of benzene rings is 1. The quantitative estimate of drug-likeness (QED) is 0.431. The molecule has 4 heteroatoms. The molecular weight excluding hydrogens is 208 g/mol. The van der Waals surface area contributed by atoms with Crippen molar-refractivity contribution in [2.45, 2.75) is 6.10 Å². The van der Waals surface area contributed by atoms with Gasteiger partial charge < -0.3 is 14.2 Å². The fourth-order valence-electron chi connectivity index (χ4n) is 1.18. The molecule has 0 aromatic heterocycles. The molecule has 0 radical (unpaired) electrons. The summed E-state index contributed by atoms with van der Waals surface area (Å²) in [6, 6.07) is 6.74. The number of carbonyl (C=O) groups is 1. The van der Waals surface area contributed by atoms with Crippen molar-refractivity contribution in [3.8, 4) is 5.75 Å². The van der Waals surface area contributed by atoms with E-state index in [1.54, 1.807) is 24.3 Å². The van der Waals surface area contributed by atoms with Crippen molar-refractivity contribution in [2.24, 2.45) is 0 Å². The van der Waals surface area contributed by atoms with E-state index in [1.165, 1.54) is 0 Å². The summed E-state index contributed by atoms with van der Waals surface area (Å²) < 4.78 is 15.1. The average molecular weight is 220 g/mol. The van der Waals surface area contributed by atoms with Crippen LogP contribution in [0, 0.1) is 0 Å². The van der Waals surface area contributed by atoms with E-state index < -0.39 is 5.97 Å². The Labute approximate surface area is 93.4 Å². The molecule has 0 spiro atoms. The number of hydrogen-bond acceptors (Lipinski definition) is 4. The topological polar surface area (TPSA) is 48.1 Å². The molecule has 2 rings (SSSR count). The van der Waals surface area contributed by atoms with Gasteiger partial charge in [-0.3, -0.25) is 0 Å². The van der Waals surface area contributed by atoms with Gasteiger partial charge in [-0.25, -0.2) is 4.79 Å². The third-order valence-electron chi connectivity index (χ3n) is 2.12. The third kappa shape index (κ3) is 2.84. The van der Waals surface area contributed by atoms with E-state index in [0.717, 1.165) is 12.9 Å². The molecule has 1 aromatic carbocycles. The summed E-state index contributed by atoms with van der Waals surface area (Å²) in [4.78, 5) is 11.3. The molecule has 1 unspecified atom stereocenters. The first-order valence-electron chi connectivity index (χ1n) is 4.96. The summed E-state index contributed by atoms with van der Waals surface area (Å²) >= 11 is 0. The molecule has 1 aromatic rings. The maximum Gasteiger partial charge on any atom is 0.342 e. The summed E-state index contributed by atoms with van der Waals surface area (Å²) in [5.74, 6) is 0.290. The van der Waals surface area contributed by atoms with Gasteiger partial charge in [-0.2, -0.15) is 0 Å². The summed E-state index contributed by atoms with van der Waals surface area (Å²) in [5.41, 5.74) is 0.468. The fraction of sp³-hybridized carbons (Fsp3) is 0.250. The Kier molecular flexibility index (Phi) is 3.22. The van der Waals surface area contributed by atoms with Crippen LogP contribution in [0.5, 0.6) is 5.75 Å². The SMILES string of the molecule is C=COC(=O)c1ccc(OCC2CO2)cc1. The molecule has 0 saturated carbocycles. The Morgan fingerprint density at radius 2 is 2.19 bits per heavy atom. The second kappa shape index (κ2) is 4.81. The van der Waals surface area contributed by atoms with Crippen molar-refractivity contribution >= 4 is 5.97 Å². The lowest BCUT2D eigenvalue weighted by molar-refractivity contribution is 0.0664. The highest BCUT2D eigenvalue weighted by Crippen LogP contribution is 2.16. The average Bonchev–Trinajstić information content (AvgIpc) is 3.11. The Balaban J connectivity index is 1.92. The lowest BCUT2D eigenvalue weighted by atomic mass is 10.2. The van der Waals surface area contributed by atoms with Crippen LogP contribution in [-0.2, 0) is 9.47 Å². The molecule has 0 bridgehead atoms. The van der Waals surface area contributed by atoms with Crippen molar-refractivity contribution in [3.63, 3.8) is 0 Å². The minimum Gasteiger partial charge on any atom is -0.491 e. The highest BCUT2D eigenvalue weighted by molar-refractivity contribution is 5.89. The zero-order valence-electron chi connectivity index (χ0n) is 8.72. The van der Waals surface area contributed by atoms with Gasteiger partial charge in [0.15, 0.2) is 0 Å². The minimum absolute atomic E-state index is 0.227. The number of epoxide rings is 1. The van der Waals surface area contributed by atoms with Crippen LogP contribution in [-0.4, -0.2) is 25.3 Å².